The van der Waals surface area contributed by atoms with E-state index in [-0.39, 0.29) is 0 Å². The highest BCUT2D eigenvalue weighted by molar-refractivity contribution is 6.29. The molecule has 4 rings (SSSR count). The van der Waals surface area contributed by atoms with E-state index in [9.17, 15) is 0 Å². The number of nitrogens with one attached hydrogen (secondary N) is 2. The molecule has 0 saturated carbocycles. The molecule has 0 spiro atoms. The van der Waals surface area contributed by atoms with Crippen LogP contribution in [0.25, 0.3) is 22.8 Å². The van der Waals surface area contributed by atoms with Crippen LogP contribution >= 0.6 is 11.6 Å². The number of halogens is 1. The summed E-state index contributed by atoms with van der Waals surface area (Å²) in [5.74, 6) is 1.19. The average Bonchev–Trinajstić information content (AvgIpc) is 3.26. The molecule has 0 saturated heterocycles. The van der Waals surface area contributed by atoms with E-state index in [2.05, 4.69) is 41.7 Å². The van der Waals surface area contributed by atoms with Gasteiger partial charge in [-0.3, -0.25) is 0 Å². The average molecular weight is 418 g/mol. The molecule has 1 aromatic carbocycles. The Morgan fingerprint density at radius 1 is 1.07 bits per heavy atom. The van der Waals surface area contributed by atoms with Crippen LogP contribution in [-0.4, -0.2) is 42.7 Å². The van der Waals surface area contributed by atoms with Gasteiger partial charge in [-0.05, 0) is 18.2 Å². The molecule has 0 radical (unpaired) electrons. The van der Waals surface area contributed by atoms with Crippen LogP contribution in [0.5, 0.6) is 0 Å². The van der Waals surface area contributed by atoms with Crippen LogP contribution < -0.4 is 10.7 Å². The first-order chi connectivity index (χ1) is 14.7. The van der Waals surface area contributed by atoms with Crippen LogP contribution in [0.1, 0.15) is 5.56 Å². The first-order valence-corrected chi connectivity index (χ1v) is 9.42. The number of hydrogen-bond donors (Lipinski definition) is 2. The van der Waals surface area contributed by atoms with Gasteiger partial charge in [0.2, 0.25) is 0 Å². The summed E-state index contributed by atoms with van der Waals surface area (Å²) < 4.78 is 1.77. The Hall–Kier alpha value is -4.03. The number of nitrogens with zero attached hydrogens (tertiary/aromatic N) is 7. The zero-order chi connectivity index (χ0) is 20.8. The van der Waals surface area contributed by atoms with Crippen molar-refractivity contribution in [3.63, 3.8) is 0 Å². The quantitative estimate of drug-likeness (QED) is 0.348. The maximum absolute atomic E-state index is 8.96. The minimum atomic E-state index is 0.386. The maximum Gasteiger partial charge on any atom is 0.180 e. The molecule has 10 heteroatoms. The number of hydrogen-bond acceptors (Lipinski definition) is 8. The van der Waals surface area contributed by atoms with Gasteiger partial charge in [0.25, 0.3) is 0 Å². The molecule has 0 unspecified atom stereocenters. The molecule has 0 fully saturated rings. The third-order valence-electron chi connectivity index (χ3n) is 4.18. The monoisotopic (exact) mass is 417 g/mol. The summed E-state index contributed by atoms with van der Waals surface area (Å²) in [7, 11) is 0. The normalized spacial score (nSPS) is 10.4. The number of rotatable bonds is 7. The molecule has 0 aliphatic heterocycles. The van der Waals surface area contributed by atoms with Crippen molar-refractivity contribution in [2.75, 3.05) is 23.8 Å². The summed E-state index contributed by atoms with van der Waals surface area (Å²) in [4.78, 5) is 21.2. The smallest absolute Gasteiger partial charge is 0.180 e. The summed E-state index contributed by atoms with van der Waals surface area (Å²) in [5, 5.41) is 12.5. The van der Waals surface area contributed by atoms with Crippen molar-refractivity contribution in [1.82, 2.24) is 29.6 Å². The third-order valence-corrected chi connectivity index (χ3v) is 4.39. The number of nitriles is 1. The predicted molar refractivity (Wildman–Crippen MR) is 113 cm³/mol. The van der Waals surface area contributed by atoms with Crippen LogP contribution in [-0.2, 0) is 0 Å². The minimum absolute atomic E-state index is 0.386. The predicted octanol–water partition coefficient (Wildman–Crippen LogP) is 2.98. The third kappa shape index (κ3) is 4.51. The molecule has 4 aromatic rings. The van der Waals surface area contributed by atoms with Crippen molar-refractivity contribution >= 4 is 17.4 Å². The number of anilines is 1. The van der Waals surface area contributed by atoms with Gasteiger partial charge in [0.05, 0.1) is 23.5 Å². The van der Waals surface area contributed by atoms with Gasteiger partial charge in [-0.1, -0.05) is 23.7 Å². The van der Waals surface area contributed by atoms with Crippen molar-refractivity contribution in [2.45, 2.75) is 0 Å². The lowest BCUT2D eigenvalue weighted by Crippen LogP contribution is -2.22. The zero-order valence-electron chi connectivity index (χ0n) is 15.7. The molecule has 0 aliphatic rings. The van der Waals surface area contributed by atoms with Gasteiger partial charge >= 0.3 is 0 Å². The number of benzene rings is 1. The molecule has 3 aromatic heterocycles. The van der Waals surface area contributed by atoms with E-state index in [0.29, 0.717) is 35.4 Å². The molecule has 9 nitrogen and oxygen atoms in total. The summed E-state index contributed by atoms with van der Waals surface area (Å²) >= 11 is 5.85. The van der Waals surface area contributed by atoms with Crippen LogP contribution in [0.4, 0.5) is 5.82 Å². The highest BCUT2D eigenvalue weighted by Crippen LogP contribution is 2.20. The van der Waals surface area contributed by atoms with Gasteiger partial charge in [0.15, 0.2) is 5.82 Å². The summed E-state index contributed by atoms with van der Waals surface area (Å²) in [6.45, 7) is 1.21. The fourth-order valence-electron chi connectivity index (χ4n) is 2.74. The lowest BCUT2D eigenvalue weighted by molar-refractivity contribution is 0.838. The summed E-state index contributed by atoms with van der Waals surface area (Å²) in [5.41, 5.74) is 6.26. The Balaban J connectivity index is 1.44. The van der Waals surface area contributed by atoms with Crippen molar-refractivity contribution in [2.24, 2.45) is 0 Å². The Kier molecular flexibility index (Phi) is 5.78. The maximum atomic E-state index is 8.96. The minimum Gasteiger partial charge on any atom is -0.368 e. The summed E-state index contributed by atoms with van der Waals surface area (Å²) in [6.07, 6.45) is 6.47. The van der Waals surface area contributed by atoms with E-state index in [1.54, 1.807) is 41.6 Å². The lowest BCUT2D eigenvalue weighted by Gasteiger charge is -2.12. The van der Waals surface area contributed by atoms with Crippen LogP contribution in [0.3, 0.4) is 0 Å². The standard InChI is InChI=1S/C20H16ClN9/c21-18-9-19(27-12-26-18)24-7-8-28-30-13-23-11-17(30)20-25-6-5-16(29-20)15-3-1-14(10-22)2-4-15/h1-6,9,11-13,28H,7-8H2,(H,24,26,27). The summed E-state index contributed by atoms with van der Waals surface area (Å²) in [6, 6.07) is 12.9. The van der Waals surface area contributed by atoms with E-state index in [4.69, 9.17) is 16.9 Å². The van der Waals surface area contributed by atoms with Crippen molar-refractivity contribution < 1.29 is 0 Å². The zero-order valence-corrected chi connectivity index (χ0v) is 16.5. The molecule has 30 heavy (non-hydrogen) atoms. The number of imidazole rings is 1. The first-order valence-electron chi connectivity index (χ1n) is 9.04. The molecule has 0 atom stereocenters. The molecule has 148 valence electrons. The second kappa shape index (κ2) is 8.98. The Labute approximate surface area is 177 Å². The molecule has 0 amide bonds. The topological polar surface area (TPSA) is 117 Å². The second-order valence-corrected chi connectivity index (χ2v) is 6.55. The van der Waals surface area contributed by atoms with E-state index in [1.165, 1.54) is 6.33 Å². The van der Waals surface area contributed by atoms with E-state index >= 15 is 0 Å². The van der Waals surface area contributed by atoms with Gasteiger partial charge in [-0.2, -0.15) is 5.26 Å². The molecule has 2 N–H and O–H groups in total. The molecule has 0 aliphatic carbocycles. The van der Waals surface area contributed by atoms with E-state index in [0.717, 1.165) is 17.0 Å². The van der Waals surface area contributed by atoms with Gasteiger partial charge in [0, 0.05) is 30.9 Å². The highest BCUT2D eigenvalue weighted by Gasteiger charge is 2.10. The van der Waals surface area contributed by atoms with Crippen LogP contribution in [0, 0.1) is 11.3 Å². The first kappa shape index (κ1) is 19.3. The Morgan fingerprint density at radius 3 is 2.73 bits per heavy atom. The van der Waals surface area contributed by atoms with E-state index < -0.39 is 0 Å². The van der Waals surface area contributed by atoms with Crippen molar-refractivity contribution in [3.05, 3.63) is 72.2 Å². The van der Waals surface area contributed by atoms with Crippen molar-refractivity contribution in [3.8, 4) is 28.8 Å². The van der Waals surface area contributed by atoms with Crippen LogP contribution in [0.15, 0.2) is 61.4 Å². The molecular weight excluding hydrogens is 402 g/mol. The van der Waals surface area contributed by atoms with Gasteiger partial charge in [-0.25, -0.2) is 29.6 Å². The lowest BCUT2D eigenvalue weighted by atomic mass is 10.1. The fourth-order valence-corrected chi connectivity index (χ4v) is 2.89. The number of aromatic nitrogens is 6. The molecule has 3 heterocycles. The second-order valence-electron chi connectivity index (χ2n) is 6.16. The van der Waals surface area contributed by atoms with Gasteiger partial charge in [0.1, 0.15) is 29.3 Å². The van der Waals surface area contributed by atoms with Crippen molar-refractivity contribution in [1.29, 1.82) is 5.26 Å². The SMILES string of the molecule is N#Cc1ccc(-c2ccnc(-c3cncn3NCCNc3cc(Cl)ncn3)n2)cc1. The highest BCUT2D eigenvalue weighted by atomic mass is 35.5. The fraction of sp³-hybridized carbons (Fsp3) is 0.100. The van der Waals surface area contributed by atoms with Gasteiger partial charge < -0.3 is 10.7 Å². The Morgan fingerprint density at radius 2 is 1.93 bits per heavy atom. The van der Waals surface area contributed by atoms with Crippen LogP contribution in [0.2, 0.25) is 5.15 Å². The molecular formula is C20H16ClN9. The Bertz CT molecular complexity index is 1180. The van der Waals surface area contributed by atoms with Gasteiger partial charge in [-0.15, -0.1) is 0 Å². The molecule has 0 bridgehead atoms. The van der Waals surface area contributed by atoms with E-state index in [1.807, 2.05) is 18.2 Å². The largest absolute Gasteiger partial charge is 0.368 e.